The van der Waals surface area contributed by atoms with Crippen LogP contribution in [0.2, 0.25) is 0 Å². The zero-order valence-corrected chi connectivity index (χ0v) is 15.1. The Morgan fingerprint density at radius 2 is 1.44 bits per heavy atom. The molecule has 2 heterocycles. The predicted molar refractivity (Wildman–Crippen MR) is 99.7 cm³/mol. The van der Waals surface area contributed by atoms with Crippen molar-refractivity contribution >= 4 is 5.69 Å². The first-order chi connectivity index (χ1) is 12.3. The summed E-state index contributed by atoms with van der Waals surface area (Å²) in [6, 6.07) is 11.0. The highest BCUT2D eigenvalue weighted by Crippen LogP contribution is 2.29. The number of hydrogen-bond donors (Lipinski definition) is 0. The van der Waals surface area contributed by atoms with E-state index in [1.165, 1.54) is 50.9 Å². The van der Waals surface area contributed by atoms with Gasteiger partial charge in [-0.05, 0) is 62.8 Å². The molecule has 1 aliphatic carbocycles. The van der Waals surface area contributed by atoms with Gasteiger partial charge < -0.3 is 14.5 Å². The number of anilines is 1. The molecule has 0 amide bonds. The lowest BCUT2D eigenvalue weighted by Gasteiger charge is -2.43. The van der Waals surface area contributed by atoms with Gasteiger partial charge in [-0.25, -0.2) is 0 Å². The van der Waals surface area contributed by atoms with Crippen molar-refractivity contribution in [3.8, 4) is 6.07 Å². The van der Waals surface area contributed by atoms with Gasteiger partial charge in [0.15, 0.2) is 0 Å². The van der Waals surface area contributed by atoms with Crippen LogP contribution in [0.1, 0.15) is 50.5 Å². The van der Waals surface area contributed by atoms with Gasteiger partial charge in [0.25, 0.3) is 0 Å². The third-order valence-electron chi connectivity index (χ3n) is 6.26. The highest BCUT2D eigenvalue weighted by molar-refractivity contribution is 5.49. The number of rotatable bonds is 4. The van der Waals surface area contributed by atoms with Gasteiger partial charge in [0.05, 0.1) is 23.8 Å². The minimum absolute atomic E-state index is 0.426. The Kier molecular flexibility index (Phi) is 5.24. The molecule has 134 valence electrons. The van der Waals surface area contributed by atoms with Crippen molar-refractivity contribution in [1.82, 2.24) is 4.90 Å². The van der Waals surface area contributed by atoms with E-state index in [-0.39, 0.29) is 0 Å². The van der Waals surface area contributed by atoms with E-state index in [0.29, 0.717) is 12.2 Å². The number of nitriles is 1. The summed E-state index contributed by atoms with van der Waals surface area (Å²) in [7, 11) is 0. The van der Waals surface area contributed by atoms with E-state index in [1.54, 1.807) is 0 Å². The summed E-state index contributed by atoms with van der Waals surface area (Å²) in [5.74, 6) is 0. The van der Waals surface area contributed by atoms with E-state index in [4.69, 9.17) is 10.00 Å². The van der Waals surface area contributed by atoms with Crippen LogP contribution in [0.4, 0.5) is 5.69 Å². The van der Waals surface area contributed by atoms with Crippen molar-refractivity contribution in [3.63, 3.8) is 0 Å². The monoisotopic (exact) mass is 339 g/mol. The van der Waals surface area contributed by atoms with Crippen LogP contribution in [0.15, 0.2) is 24.3 Å². The van der Waals surface area contributed by atoms with Gasteiger partial charge in [0.2, 0.25) is 0 Å². The summed E-state index contributed by atoms with van der Waals surface area (Å²) in [6.45, 7) is 4.58. The van der Waals surface area contributed by atoms with Crippen molar-refractivity contribution in [1.29, 1.82) is 5.26 Å². The zero-order chi connectivity index (χ0) is 17.1. The summed E-state index contributed by atoms with van der Waals surface area (Å²) >= 11 is 0. The van der Waals surface area contributed by atoms with E-state index in [1.807, 2.05) is 12.1 Å². The lowest BCUT2D eigenvalue weighted by atomic mass is 9.89. The van der Waals surface area contributed by atoms with E-state index in [2.05, 4.69) is 28.0 Å². The standard InChI is InChI=1S/C21H29N3O/c22-16-17-4-6-19(7-5-17)24-14-10-21(11-15-24)25-20-8-12-23(13-9-20)18-2-1-3-18/h4-7,18,20-21H,1-3,8-15H2. The molecular formula is C21H29N3O. The maximum atomic E-state index is 8.91. The topological polar surface area (TPSA) is 39.5 Å². The Hall–Kier alpha value is -1.57. The average Bonchev–Trinajstić information content (AvgIpc) is 2.63. The van der Waals surface area contributed by atoms with Crippen LogP contribution in [0, 0.1) is 11.3 Å². The largest absolute Gasteiger partial charge is 0.375 e. The number of benzene rings is 1. The first kappa shape index (κ1) is 16.9. The second-order valence-electron chi connectivity index (χ2n) is 7.80. The molecule has 4 rings (SSSR count). The van der Waals surface area contributed by atoms with Gasteiger partial charge in [-0.15, -0.1) is 0 Å². The Labute approximate surface area is 151 Å². The summed E-state index contributed by atoms with van der Waals surface area (Å²) in [5, 5.41) is 8.91. The molecule has 1 saturated carbocycles. The SMILES string of the molecule is N#Cc1ccc(N2CCC(OC3CCN(C4CCC4)CC3)CC2)cc1. The maximum absolute atomic E-state index is 8.91. The number of likely N-dealkylation sites (tertiary alicyclic amines) is 1. The molecule has 0 unspecified atom stereocenters. The van der Waals surface area contributed by atoms with E-state index < -0.39 is 0 Å². The van der Waals surface area contributed by atoms with Crippen LogP contribution >= 0.6 is 0 Å². The fraction of sp³-hybridized carbons (Fsp3) is 0.667. The summed E-state index contributed by atoms with van der Waals surface area (Å²) in [5.41, 5.74) is 1.96. The van der Waals surface area contributed by atoms with E-state index >= 15 is 0 Å². The number of hydrogen-bond acceptors (Lipinski definition) is 4. The van der Waals surface area contributed by atoms with Gasteiger partial charge in [0, 0.05) is 37.9 Å². The molecule has 25 heavy (non-hydrogen) atoms. The number of nitrogens with zero attached hydrogens (tertiary/aromatic N) is 3. The van der Waals surface area contributed by atoms with Crippen LogP contribution in [-0.2, 0) is 4.74 Å². The highest BCUT2D eigenvalue weighted by atomic mass is 16.5. The molecular weight excluding hydrogens is 310 g/mol. The van der Waals surface area contributed by atoms with Crippen LogP contribution in [0.3, 0.4) is 0 Å². The predicted octanol–water partition coefficient (Wildman–Crippen LogP) is 3.56. The molecule has 0 aromatic heterocycles. The first-order valence-electron chi connectivity index (χ1n) is 9.96. The summed E-state index contributed by atoms with van der Waals surface area (Å²) in [4.78, 5) is 5.11. The van der Waals surface area contributed by atoms with Crippen molar-refractivity contribution < 1.29 is 4.74 Å². The normalized spacial score (nSPS) is 24.0. The van der Waals surface area contributed by atoms with E-state index in [0.717, 1.165) is 37.5 Å². The molecule has 2 saturated heterocycles. The number of ether oxygens (including phenoxy) is 1. The molecule has 1 aromatic carbocycles. The van der Waals surface area contributed by atoms with Crippen molar-refractivity contribution in [2.24, 2.45) is 0 Å². The fourth-order valence-electron chi connectivity index (χ4n) is 4.40. The summed E-state index contributed by atoms with van der Waals surface area (Å²) < 4.78 is 6.44. The molecule has 1 aromatic rings. The van der Waals surface area contributed by atoms with Crippen LogP contribution in [-0.4, -0.2) is 49.3 Å². The quantitative estimate of drug-likeness (QED) is 0.841. The molecule has 0 spiro atoms. The third-order valence-corrected chi connectivity index (χ3v) is 6.26. The second-order valence-corrected chi connectivity index (χ2v) is 7.80. The third kappa shape index (κ3) is 3.99. The lowest BCUT2D eigenvalue weighted by molar-refractivity contribution is -0.0598. The zero-order valence-electron chi connectivity index (χ0n) is 15.1. The number of piperidine rings is 2. The molecule has 3 aliphatic rings. The molecule has 3 fully saturated rings. The van der Waals surface area contributed by atoms with E-state index in [9.17, 15) is 0 Å². The first-order valence-corrected chi connectivity index (χ1v) is 9.96. The Balaban J connectivity index is 1.20. The highest BCUT2D eigenvalue weighted by Gasteiger charge is 2.30. The van der Waals surface area contributed by atoms with Gasteiger partial charge in [-0.3, -0.25) is 0 Å². The molecule has 4 nitrogen and oxygen atoms in total. The van der Waals surface area contributed by atoms with Crippen molar-refractivity contribution in [2.45, 2.75) is 63.2 Å². The van der Waals surface area contributed by atoms with Gasteiger partial charge in [-0.2, -0.15) is 5.26 Å². The molecule has 2 aliphatic heterocycles. The van der Waals surface area contributed by atoms with Gasteiger partial charge >= 0.3 is 0 Å². The minimum Gasteiger partial charge on any atom is -0.375 e. The van der Waals surface area contributed by atoms with Crippen LogP contribution in [0.5, 0.6) is 0 Å². The molecule has 0 radical (unpaired) electrons. The second kappa shape index (κ2) is 7.76. The van der Waals surface area contributed by atoms with Crippen molar-refractivity contribution in [2.75, 3.05) is 31.1 Å². The lowest BCUT2D eigenvalue weighted by Crippen LogP contribution is -2.47. The Morgan fingerprint density at radius 3 is 1.96 bits per heavy atom. The molecule has 0 atom stereocenters. The molecule has 4 heteroatoms. The summed E-state index contributed by atoms with van der Waals surface area (Å²) in [6.07, 6.45) is 9.82. The van der Waals surface area contributed by atoms with Crippen LogP contribution < -0.4 is 4.90 Å². The average molecular weight is 339 g/mol. The smallest absolute Gasteiger partial charge is 0.0991 e. The minimum atomic E-state index is 0.426. The maximum Gasteiger partial charge on any atom is 0.0991 e. The fourth-order valence-corrected chi connectivity index (χ4v) is 4.40. The van der Waals surface area contributed by atoms with Crippen LogP contribution in [0.25, 0.3) is 0 Å². The Bertz CT molecular complexity index is 589. The molecule has 0 bridgehead atoms. The molecule has 0 N–H and O–H groups in total. The Morgan fingerprint density at radius 1 is 0.840 bits per heavy atom. The van der Waals surface area contributed by atoms with Gasteiger partial charge in [-0.1, -0.05) is 6.42 Å². The van der Waals surface area contributed by atoms with Crippen molar-refractivity contribution in [3.05, 3.63) is 29.8 Å². The van der Waals surface area contributed by atoms with Gasteiger partial charge in [0.1, 0.15) is 0 Å².